The van der Waals surface area contributed by atoms with Crippen LogP contribution in [0.1, 0.15) is 30.6 Å². The van der Waals surface area contributed by atoms with Crippen molar-refractivity contribution in [2.45, 2.75) is 26.3 Å². The zero-order valence-electron chi connectivity index (χ0n) is 12.2. The van der Waals surface area contributed by atoms with Gasteiger partial charge in [-0.25, -0.2) is 0 Å². The molecule has 0 radical (unpaired) electrons. The zero-order valence-corrected chi connectivity index (χ0v) is 12.2. The highest BCUT2D eigenvalue weighted by atomic mass is 16.1. The maximum Gasteiger partial charge on any atom is 0.248 e. The highest BCUT2D eigenvalue weighted by Gasteiger charge is 2.23. The summed E-state index contributed by atoms with van der Waals surface area (Å²) in [5.74, 6) is 0.189. The first-order valence-electron chi connectivity index (χ1n) is 7.14. The summed E-state index contributed by atoms with van der Waals surface area (Å²) < 4.78 is 0. The van der Waals surface area contributed by atoms with E-state index in [1.807, 2.05) is 0 Å². The quantitative estimate of drug-likeness (QED) is 0.712. The van der Waals surface area contributed by atoms with Crippen LogP contribution in [-0.4, -0.2) is 36.5 Å². The number of carbonyl (C=O) groups excluding carboxylic acids is 1. The van der Waals surface area contributed by atoms with Crippen molar-refractivity contribution in [1.82, 2.24) is 4.90 Å². The van der Waals surface area contributed by atoms with Crippen LogP contribution in [0.2, 0.25) is 0 Å². The Kier molecular flexibility index (Phi) is 4.49. The van der Waals surface area contributed by atoms with Gasteiger partial charge in [-0.15, -0.1) is 0 Å². The van der Waals surface area contributed by atoms with Gasteiger partial charge < -0.3 is 21.7 Å². The molecule has 0 saturated carbocycles. The maximum absolute atomic E-state index is 11.2. The molecule has 1 saturated heterocycles. The Morgan fingerprint density at radius 2 is 2.25 bits per heavy atom. The van der Waals surface area contributed by atoms with Gasteiger partial charge in [-0.3, -0.25) is 4.79 Å². The molecule has 1 fully saturated rings. The van der Waals surface area contributed by atoms with Crippen molar-refractivity contribution < 1.29 is 4.79 Å². The molecule has 20 heavy (non-hydrogen) atoms. The van der Waals surface area contributed by atoms with Crippen LogP contribution in [0.15, 0.2) is 18.2 Å². The van der Waals surface area contributed by atoms with Gasteiger partial charge in [0.25, 0.3) is 0 Å². The SMILES string of the molecule is CC(C)N1CCC(CNc2cc(C(N)=O)ccc2N)C1. The summed E-state index contributed by atoms with van der Waals surface area (Å²) in [5, 5.41) is 3.35. The van der Waals surface area contributed by atoms with Crippen molar-refractivity contribution >= 4 is 17.3 Å². The minimum absolute atomic E-state index is 0.431. The second kappa shape index (κ2) is 6.13. The first-order valence-corrected chi connectivity index (χ1v) is 7.14. The number of nitrogens with zero attached hydrogens (tertiary/aromatic N) is 1. The Morgan fingerprint density at radius 3 is 2.85 bits per heavy atom. The summed E-state index contributed by atoms with van der Waals surface area (Å²) in [5.41, 5.74) is 13.1. The fourth-order valence-corrected chi connectivity index (χ4v) is 2.62. The van der Waals surface area contributed by atoms with E-state index in [4.69, 9.17) is 11.5 Å². The number of amides is 1. The molecule has 5 heteroatoms. The van der Waals surface area contributed by atoms with Crippen molar-refractivity contribution in [2.24, 2.45) is 11.7 Å². The van der Waals surface area contributed by atoms with Gasteiger partial charge >= 0.3 is 0 Å². The summed E-state index contributed by atoms with van der Waals surface area (Å²) in [4.78, 5) is 13.7. The Bertz CT molecular complexity index is 487. The number of benzene rings is 1. The van der Waals surface area contributed by atoms with E-state index in [2.05, 4.69) is 24.1 Å². The van der Waals surface area contributed by atoms with E-state index >= 15 is 0 Å². The molecule has 0 bridgehead atoms. The Labute approximate surface area is 120 Å². The molecule has 0 spiro atoms. The second-order valence-electron chi connectivity index (χ2n) is 5.79. The summed E-state index contributed by atoms with van der Waals surface area (Å²) in [6.07, 6.45) is 1.20. The van der Waals surface area contributed by atoms with Crippen LogP contribution in [0.25, 0.3) is 0 Å². The summed E-state index contributed by atoms with van der Waals surface area (Å²) in [7, 11) is 0. The number of rotatable bonds is 5. The van der Waals surface area contributed by atoms with Crippen molar-refractivity contribution in [3.05, 3.63) is 23.8 Å². The lowest BCUT2D eigenvalue weighted by atomic mass is 10.1. The van der Waals surface area contributed by atoms with E-state index in [-0.39, 0.29) is 0 Å². The number of carbonyl (C=O) groups is 1. The molecule has 1 aliphatic heterocycles. The first kappa shape index (κ1) is 14.7. The van der Waals surface area contributed by atoms with Gasteiger partial charge in [0.1, 0.15) is 0 Å². The van der Waals surface area contributed by atoms with Gasteiger partial charge in [0, 0.05) is 24.7 Å². The van der Waals surface area contributed by atoms with Gasteiger partial charge in [0.05, 0.1) is 11.4 Å². The number of anilines is 2. The molecule has 5 nitrogen and oxygen atoms in total. The number of hydrogen-bond donors (Lipinski definition) is 3. The lowest BCUT2D eigenvalue weighted by Gasteiger charge is -2.20. The average molecular weight is 276 g/mol. The first-order chi connectivity index (χ1) is 9.47. The molecule has 1 heterocycles. The summed E-state index contributed by atoms with van der Waals surface area (Å²) in [6.45, 7) is 7.59. The van der Waals surface area contributed by atoms with Crippen LogP contribution in [0.4, 0.5) is 11.4 Å². The predicted octanol–water partition coefficient (Wildman–Crippen LogP) is 1.51. The molecule has 1 aliphatic rings. The average Bonchev–Trinajstić information content (AvgIpc) is 2.86. The normalized spacial score (nSPS) is 19.4. The molecule has 2 rings (SSSR count). The van der Waals surface area contributed by atoms with Gasteiger partial charge in [0.2, 0.25) is 5.91 Å². The van der Waals surface area contributed by atoms with Crippen molar-refractivity contribution in [1.29, 1.82) is 0 Å². The third-order valence-corrected chi connectivity index (χ3v) is 3.97. The molecule has 0 aliphatic carbocycles. The van der Waals surface area contributed by atoms with E-state index in [1.165, 1.54) is 6.42 Å². The van der Waals surface area contributed by atoms with E-state index in [0.29, 0.717) is 23.2 Å². The highest BCUT2D eigenvalue weighted by molar-refractivity contribution is 5.94. The van der Waals surface area contributed by atoms with E-state index in [9.17, 15) is 4.79 Å². The standard InChI is InChI=1S/C15H24N4O/c1-10(2)19-6-5-11(9-19)8-18-14-7-12(15(17)20)3-4-13(14)16/h3-4,7,10-11,18H,5-6,8-9,16H2,1-2H3,(H2,17,20). The Balaban J connectivity index is 1.94. The topological polar surface area (TPSA) is 84.4 Å². The molecule has 5 N–H and O–H groups in total. The number of nitrogens with two attached hydrogens (primary N) is 2. The fourth-order valence-electron chi connectivity index (χ4n) is 2.62. The van der Waals surface area contributed by atoms with Gasteiger partial charge in [-0.05, 0) is 50.9 Å². The lowest BCUT2D eigenvalue weighted by Crippen LogP contribution is -2.29. The third-order valence-electron chi connectivity index (χ3n) is 3.97. The smallest absolute Gasteiger partial charge is 0.248 e. The molecule has 110 valence electrons. The Hall–Kier alpha value is -1.75. The van der Waals surface area contributed by atoms with Gasteiger partial charge in [-0.2, -0.15) is 0 Å². The molecule has 1 atom stereocenters. The van der Waals surface area contributed by atoms with Crippen molar-refractivity contribution in [3.63, 3.8) is 0 Å². The van der Waals surface area contributed by atoms with Crippen LogP contribution in [0.3, 0.4) is 0 Å². The van der Waals surface area contributed by atoms with Gasteiger partial charge in [-0.1, -0.05) is 0 Å². The molecule has 1 amide bonds. The highest BCUT2D eigenvalue weighted by Crippen LogP contribution is 2.23. The Morgan fingerprint density at radius 1 is 1.50 bits per heavy atom. The van der Waals surface area contributed by atoms with Crippen LogP contribution in [-0.2, 0) is 0 Å². The third kappa shape index (κ3) is 3.42. The van der Waals surface area contributed by atoms with Crippen LogP contribution >= 0.6 is 0 Å². The van der Waals surface area contributed by atoms with Crippen molar-refractivity contribution in [2.75, 3.05) is 30.7 Å². The summed E-state index contributed by atoms with van der Waals surface area (Å²) >= 11 is 0. The van der Waals surface area contributed by atoms with E-state index in [1.54, 1.807) is 18.2 Å². The maximum atomic E-state index is 11.2. The lowest BCUT2D eigenvalue weighted by molar-refractivity contribution is 0.100. The number of hydrogen-bond acceptors (Lipinski definition) is 4. The van der Waals surface area contributed by atoms with Crippen LogP contribution < -0.4 is 16.8 Å². The van der Waals surface area contributed by atoms with Crippen LogP contribution in [0.5, 0.6) is 0 Å². The number of likely N-dealkylation sites (tertiary alicyclic amines) is 1. The minimum atomic E-state index is -0.431. The molecule has 0 aromatic heterocycles. The van der Waals surface area contributed by atoms with Crippen molar-refractivity contribution in [3.8, 4) is 0 Å². The number of nitrogens with one attached hydrogen (secondary N) is 1. The van der Waals surface area contributed by atoms with E-state index < -0.39 is 5.91 Å². The predicted molar refractivity (Wildman–Crippen MR) is 82.7 cm³/mol. The summed E-state index contributed by atoms with van der Waals surface area (Å²) in [6, 6.07) is 5.70. The molecule has 1 aromatic carbocycles. The van der Waals surface area contributed by atoms with Gasteiger partial charge in [0.15, 0.2) is 0 Å². The minimum Gasteiger partial charge on any atom is -0.397 e. The van der Waals surface area contributed by atoms with E-state index in [0.717, 1.165) is 25.3 Å². The molecular formula is C15H24N4O. The van der Waals surface area contributed by atoms with Crippen LogP contribution in [0, 0.1) is 5.92 Å². The monoisotopic (exact) mass is 276 g/mol. The number of primary amides is 1. The number of nitrogen functional groups attached to an aromatic ring is 1. The largest absolute Gasteiger partial charge is 0.397 e. The molecular weight excluding hydrogens is 252 g/mol. The molecule has 1 unspecified atom stereocenters. The fraction of sp³-hybridized carbons (Fsp3) is 0.533. The molecule has 1 aromatic rings. The second-order valence-corrected chi connectivity index (χ2v) is 5.79. The zero-order chi connectivity index (χ0) is 14.7.